The van der Waals surface area contributed by atoms with Gasteiger partial charge in [0.05, 0.1) is 12.5 Å². The number of carbonyl (C=O) groups excluding carboxylic acids is 2. The van der Waals surface area contributed by atoms with Crippen molar-refractivity contribution < 1.29 is 14.3 Å². The van der Waals surface area contributed by atoms with Crippen LogP contribution in [0.2, 0.25) is 0 Å². The summed E-state index contributed by atoms with van der Waals surface area (Å²) in [6.45, 7) is 3.60. The van der Waals surface area contributed by atoms with Gasteiger partial charge in [-0.15, -0.1) is 0 Å². The minimum Gasteiger partial charge on any atom is -0.381 e. The molecule has 0 bridgehead atoms. The monoisotopic (exact) mass is 318 g/mol. The second-order valence-electron chi connectivity index (χ2n) is 6.09. The number of benzene rings is 1. The van der Waals surface area contributed by atoms with Crippen LogP contribution in [0, 0.1) is 5.92 Å². The lowest BCUT2D eigenvalue weighted by molar-refractivity contribution is -0.122. The van der Waals surface area contributed by atoms with E-state index in [0.29, 0.717) is 13.2 Å². The van der Waals surface area contributed by atoms with Crippen molar-refractivity contribution in [2.24, 2.45) is 5.92 Å². The van der Waals surface area contributed by atoms with Gasteiger partial charge in [-0.2, -0.15) is 0 Å². The van der Waals surface area contributed by atoms with Gasteiger partial charge in [-0.25, -0.2) is 0 Å². The van der Waals surface area contributed by atoms with Crippen LogP contribution in [-0.2, 0) is 14.3 Å². The molecule has 2 amide bonds. The Morgan fingerprint density at radius 1 is 1.26 bits per heavy atom. The molecule has 5 heteroatoms. The molecule has 1 unspecified atom stereocenters. The number of ether oxygens (including phenoxy) is 1. The molecular weight excluding hydrogens is 292 g/mol. The van der Waals surface area contributed by atoms with Crippen molar-refractivity contribution in [3.63, 3.8) is 0 Å². The van der Waals surface area contributed by atoms with Crippen LogP contribution < -0.4 is 10.6 Å². The van der Waals surface area contributed by atoms with Gasteiger partial charge in [-0.3, -0.25) is 9.59 Å². The van der Waals surface area contributed by atoms with E-state index in [-0.39, 0.29) is 24.3 Å². The van der Waals surface area contributed by atoms with E-state index in [9.17, 15) is 9.59 Å². The van der Waals surface area contributed by atoms with Gasteiger partial charge in [0, 0.05) is 26.7 Å². The van der Waals surface area contributed by atoms with Crippen LogP contribution in [0.1, 0.15) is 44.2 Å². The smallest absolute Gasteiger partial charge is 0.222 e. The highest BCUT2D eigenvalue weighted by Crippen LogP contribution is 2.28. The topological polar surface area (TPSA) is 67.4 Å². The van der Waals surface area contributed by atoms with E-state index in [2.05, 4.69) is 10.6 Å². The zero-order chi connectivity index (χ0) is 16.5. The number of hydrogen-bond acceptors (Lipinski definition) is 3. The first-order chi connectivity index (χ1) is 11.1. The number of hydrogen-bond donors (Lipinski definition) is 2. The lowest BCUT2D eigenvalue weighted by atomic mass is 10.0. The van der Waals surface area contributed by atoms with E-state index in [1.165, 1.54) is 19.8 Å². The standard InChI is InChI=1S/C18H26N2O3/c1-14(21)20-17(16-6-3-2-4-7-16)12-18(22)19-10-5-11-23-13-15-8-9-15/h2-4,6-7,15,17H,5,8-13H2,1H3,(H,19,22)(H,20,21). The van der Waals surface area contributed by atoms with Crippen molar-refractivity contribution in [3.8, 4) is 0 Å². The van der Waals surface area contributed by atoms with Crippen LogP contribution in [0.3, 0.4) is 0 Å². The molecule has 1 atom stereocenters. The molecule has 0 aromatic heterocycles. The Morgan fingerprint density at radius 2 is 2.00 bits per heavy atom. The molecular formula is C18H26N2O3. The van der Waals surface area contributed by atoms with Crippen molar-refractivity contribution in [3.05, 3.63) is 35.9 Å². The Hall–Kier alpha value is -1.88. The predicted octanol–water partition coefficient (Wildman–Crippen LogP) is 2.19. The third-order valence-electron chi connectivity index (χ3n) is 3.81. The Kier molecular flexibility index (Phi) is 7.07. The van der Waals surface area contributed by atoms with Crippen LogP contribution in [0.25, 0.3) is 0 Å². The van der Waals surface area contributed by atoms with Crippen molar-refractivity contribution in [2.75, 3.05) is 19.8 Å². The van der Waals surface area contributed by atoms with E-state index < -0.39 is 0 Å². The maximum atomic E-state index is 12.1. The van der Waals surface area contributed by atoms with Gasteiger partial charge in [0.15, 0.2) is 0 Å². The van der Waals surface area contributed by atoms with Crippen LogP contribution in [0.15, 0.2) is 30.3 Å². The molecule has 0 saturated heterocycles. The van der Waals surface area contributed by atoms with Crippen LogP contribution in [-0.4, -0.2) is 31.6 Å². The first-order valence-corrected chi connectivity index (χ1v) is 8.31. The molecule has 0 heterocycles. The fraction of sp³-hybridized carbons (Fsp3) is 0.556. The maximum absolute atomic E-state index is 12.1. The van der Waals surface area contributed by atoms with E-state index in [1.54, 1.807) is 0 Å². The fourth-order valence-corrected chi connectivity index (χ4v) is 2.38. The highest BCUT2D eigenvalue weighted by atomic mass is 16.5. The zero-order valence-corrected chi connectivity index (χ0v) is 13.7. The molecule has 1 aliphatic carbocycles. The number of nitrogens with one attached hydrogen (secondary N) is 2. The van der Waals surface area contributed by atoms with Crippen LogP contribution in [0.5, 0.6) is 0 Å². The van der Waals surface area contributed by atoms with Gasteiger partial charge in [-0.1, -0.05) is 30.3 Å². The van der Waals surface area contributed by atoms with Crippen molar-refractivity contribution >= 4 is 11.8 Å². The normalized spacial score (nSPS) is 15.0. The average Bonchev–Trinajstić information content (AvgIpc) is 3.35. The molecule has 1 saturated carbocycles. The predicted molar refractivity (Wildman–Crippen MR) is 88.8 cm³/mol. The van der Waals surface area contributed by atoms with E-state index in [4.69, 9.17) is 4.74 Å². The second-order valence-corrected chi connectivity index (χ2v) is 6.09. The summed E-state index contributed by atoms with van der Waals surface area (Å²) in [6, 6.07) is 9.26. The largest absolute Gasteiger partial charge is 0.381 e. The van der Waals surface area contributed by atoms with Gasteiger partial charge in [-0.05, 0) is 30.7 Å². The summed E-state index contributed by atoms with van der Waals surface area (Å²) in [5.41, 5.74) is 0.936. The van der Waals surface area contributed by atoms with E-state index >= 15 is 0 Å². The summed E-state index contributed by atoms with van der Waals surface area (Å²) in [7, 11) is 0. The molecule has 1 aliphatic rings. The molecule has 2 N–H and O–H groups in total. The van der Waals surface area contributed by atoms with Gasteiger partial charge in [0.25, 0.3) is 0 Å². The summed E-state index contributed by atoms with van der Waals surface area (Å²) < 4.78 is 5.53. The first kappa shape index (κ1) is 17.5. The average molecular weight is 318 g/mol. The molecule has 0 spiro atoms. The number of rotatable bonds is 10. The van der Waals surface area contributed by atoms with E-state index in [1.807, 2.05) is 30.3 Å². The van der Waals surface area contributed by atoms with Crippen LogP contribution in [0.4, 0.5) is 0 Å². The lowest BCUT2D eigenvalue weighted by Gasteiger charge is -2.18. The van der Waals surface area contributed by atoms with Gasteiger partial charge in [0.2, 0.25) is 11.8 Å². The quantitative estimate of drug-likeness (QED) is 0.650. The lowest BCUT2D eigenvalue weighted by Crippen LogP contribution is -2.33. The van der Waals surface area contributed by atoms with Crippen molar-refractivity contribution in [1.82, 2.24) is 10.6 Å². The highest BCUT2D eigenvalue weighted by Gasteiger charge is 2.21. The Balaban J connectivity index is 1.68. The van der Waals surface area contributed by atoms with Gasteiger partial charge in [0.1, 0.15) is 0 Å². The molecule has 0 radical (unpaired) electrons. The fourth-order valence-electron chi connectivity index (χ4n) is 2.38. The molecule has 1 aromatic carbocycles. The zero-order valence-electron chi connectivity index (χ0n) is 13.7. The molecule has 5 nitrogen and oxygen atoms in total. The Morgan fingerprint density at radius 3 is 2.65 bits per heavy atom. The van der Waals surface area contributed by atoms with Crippen molar-refractivity contribution in [2.45, 2.75) is 38.6 Å². The number of carbonyl (C=O) groups is 2. The van der Waals surface area contributed by atoms with Gasteiger partial charge >= 0.3 is 0 Å². The second kappa shape index (κ2) is 9.30. The molecule has 2 rings (SSSR count). The summed E-state index contributed by atoms with van der Waals surface area (Å²) >= 11 is 0. The summed E-state index contributed by atoms with van der Waals surface area (Å²) in [5.74, 6) is 0.573. The van der Waals surface area contributed by atoms with Gasteiger partial charge < -0.3 is 15.4 Å². The highest BCUT2D eigenvalue weighted by molar-refractivity contribution is 5.79. The molecule has 1 fully saturated rings. The van der Waals surface area contributed by atoms with Crippen LogP contribution >= 0.6 is 0 Å². The third kappa shape index (κ3) is 7.28. The van der Waals surface area contributed by atoms with Crippen molar-refractivity contribution in [1.29, 1.82) is 0 Å². The molecule has 23 heavy (non-hydrogen) atoms. The first-order valence-electron chi connectivity index (χ1n) is 8.31. The Labute approximate surface area is 137 Å². The minimum absolute atomic E-state index is 0.0604. The SMILES string of the molecule is CC(=O)NC(CC(=O)NCCCOCC1CC1)c1ccccc1. The van der Waals surface area contributed by atoms with E-state index in [0.717, 1.165) is 24.5 Å². The number of amides is 2. The summed E-state index contributed by atoms with van der Waals surface area (Å²) in [4.78, 5) is 23.4. The molecule has 1 aromatic rings. The summed E-state index contributed by atoms with van der Waals surface area (Å²) in [6.07, 6.45) is 3.64. The molecule has 0 aliphatic heterocycles. The Bertz CT molecular complexity index is 500. The summed E-state index contributed by atoms with van der Waals surface area (Å²) in [5, 5.41) is 5.72. The minimum atomic E-state index is -0.292. The maximum Gasteiger partial charge on any atom is 0.222 e. The molecule has 126 valence electrons. The third-order valence-corrected chi connectivity index (χ3v) is 3.81.